The standard InChI is InChI=1S/C31H40ClFN4O7S/c1-18(19(2)45(34,40)41)6-9-24(33)27(42-3)26-21(10-12-43-26)15-37-16-31(11-4-5-20-13-22(32)7-8-23(20)31)17-44-29-28(37)36-25(14-35-29)30(38)39/h7-9,13-14,18-19,21,26-27H,4-6,10-12,15-17H2,1-3H3,(H,38,39)(H2,34,40,41)/b24-9-/t18-,19+,21-,26+,27?,31-/m0/s1. The zero-order valence-corrected chi connectivity index (χ0v) is 27.2. The highest BCUT2D eigenvalue weighted by atomic mass is 35.5. The molecule has 1 aromatic carbocycles. The second-order valence-corrected chi connectivity index (χ2v) is 14.8. The van der Waals surface area contributed by atoms with E-state index in [4.69, 9.17) is 31.0 Å². The number of anilines is 1. The van der Waals surface area contributed by atoms with E-state index in [-0.39, 0.29) is 23.9 Å². The van der Waals surface area contributed by atoms with Gasteiger partial charge in [0.25, 0.3) is 5.88 Å². The van der Waals surface area contributed by atoms with Crippen molar-refractivity contribution in [1.29, 1.82) is 0 Å². The number of fused-ring (bicyclic) bond motifs is 3. The third-order valence-corrected chi connectivity index (χ3v) is 11.2. The second-order valence-electron chi connectivity index (χ2n) is 12.4. The largest absolute Gasteiger partial charge is 0.476 e. The molecule has 1 spiro atoms. The molecule has 6 atom stereocenters. The number of carboxylic acid groups (broad SMARTS) is 1. The van der Waals surface area contributed by atoms with Crippen LogP contribution in [0.15, 0.2) is 36.3 Å². The Morgan fingerprint density at radius 3 is 2.87 bits per heavy atom. The molecule has 0 radical (unpaired) electrons. The highest BCUT2D eigenvalue weighted by Crippen LogP contribution is 2.44. The monoisotopic (exact) mass is 666 g/mol. The molecule has 1 saturated heterocycles. The first-order valence-corrected chi connectivity index (χ1v) is 17.1. The van der Waals surface area contributed by atoms with Crippen molar-refractivity contribution < 1.29 is 36.9 Å². The zero-order valence-electron chi connectivity index (χ0n) is 25.6. The molecule has 0 bridgehead atoms. The molecule has 11 nitrogen and oxygen atoms in total. The lowest BCUT2D eigenvalue weighted by Crippen LogP contribution is -2.48. The van der Waals surface area contributed by atoms with Crippen LogP contribution in [0.25, 0.3) is 0 Å². The Morgan fingerprint density at radius 1 is 1.38 bits per heavy atom. The average molecular weight is 667 g/mol. The fourth-order valence-electron chi connectivity index (χ4n) is 6.78. The van der Waals surface area contributed by atoms with E-state index < -0.39 is 50.6 Å². The summed E-state index contributed by atoms with van der Waals surface area (Å²) in [6.07, 6.45) is 4.24. The van der Waals surface area contributed by atoms with Gasteiger partial charge in [0.15, 0.2) is 11.5 Å². The van der Waals surface area contributed by atoms with Gasteiger partial charge in [0.05, 0.1) is 17.6 Å². The van der Waals surface area contributed by atoms with E-state index in [0.717, 1.165) is 30.4 Å². The lowest BCUT2D eigenvalue weighted by molar-refractivity contribution is -0.0322. The number of halogens is 2. The second kappa shape index (κ2) is 13.5. The number of carbonyl (C=O) groups is 1. The van der Waals surface area contributed by atoms with Crippen LogP contribution in [0.5, 0.6) is 5.88 Å². The number of carboxylic acids is 1. The Morgan fingerprint density at radius 2 is 2.16 bits per heavy atom. The van der Waals surface area contributed by atoms with Crippen LogP contribution in [0.1, 0.15) is 61.1 Å². The van der Waals surface area contributed by atoms with E-state index in [0.29, 0.717) is 43.6 Å². The van der Waals surface area contributed by atoms with Gasteiger partial charge in [-0.3, -0.25) is 0 Å². The summed E-state index contributed by atoms with van der Waals surface area (Å²) < 4.78 is 57.1. The average Bonchev–Trinajstić information content (AvgIpc) is 3.39. The van der Waals surface area contributed by atoms with Gasteiger partial charge < -0.3 is 24.2 Å². The fraction of sp³-hybridized carbons (Fsp3) is 0.581. The number of aromatic nitrogens is 2. The Kier molecular flexibility index (Phi) is 10.0. The normalized spacial score (nSPS) is 25.6. The fourth-order valence-corrected chi connectivity index (χ4v) is 7.73. The lowest BCUT2D eigenvalue weighted by atomic mass is 9.70. The molecule has 0 amide bonds. The van der Waals surface area contributed by atoms with Crippen LogP contribution < -0.4 is 14.8 Å². The van der Waals surface area contributed by atoms with E-state index in [1.807, 2.05) is 23.1 Å². The van der Waals surface area contributed by atoms with E-state index in [1.54, 1.807) is 6.92 Å². The van der Waals surface area contributed by atoms with E-state index in [2.05, 4.69) is 9.97 Å². The number of allylic oxidation sites excluding steroid dienone is 1. The Hall–Kier alpha value is -2.84. The maximum Gasteiger partial charge on any atom is 0.356 e. The van der Waals surface area contributed by atoms with Crippen molar-refractivity contribution in [3.63, 3.8) is 0 Å². The van der Waals surface area contributed by atoms with Crippen LogP contribution in [0.3, 0.4) is 0 Å². The van der Waals surface area contributed by atoms with Gasteiger partial charge in [-0.05, 0) is 74.3 Å². The minimum atomic E-state index is -3.76. The number of sulfonamides is 1. The van der Waals surface area contributed by atoms with Crippen molar-refractivity contribution in [3.05, 3.63) is 58.1 Å². The van der Waals surface area contributed by atoms with Crippen molar-refractivity contribution in [1.82, 2.24) is 9.97 Å². The van der Waals surface area contributed by atoms with Crippen molar-refractivity contribution in [3.8, 4) is 5.88 Å². The number of rotatable bonds is 10. The smallest absolute Gasteiger partial charge is 0.356 e. The van der Waals surface area contributed by atoms with Gasteiger partial charge in [-0.1, -0.05) is 24.6 Å². The number of aryl methyl sites for hydroxylation is 1. The molecule has 3 aliphatic rings. The molecule has 14 heteroatoms. The van der Waals surface area contributed by atoms with Crippen molar-refractivity contribution in [2.75, 3.05) is 38.3 Å². The molecule has 1 unspecified atom stereocenters. The molecule has 3 N–H and O–H groups in total. The summed E-state index contributed by atoms with van der Waals surface area (Å²) in [5, 5.41) is 14.8. The highest BCUT2D eigenvalue weighted by Gasteiger charge is 2.45. The maximum atomic E-state index is 15.7. The summed E-state index contributed by atoms with van der Waals surface area (Å²) in [4.78, 5) is 22.7. The van der Waals surface area contributed by atoms with Crippen LogP contribution in [-0.2, 0) is 31.3 Å². The Labute approximate surface area is 268 Å². The number of aromatic carboxylic acids is 1. The quantitative estimate of drug-likeness (QED) is 0.376. The Bertz CT molecular complexity index is 1560. The van der Waals surface area contributed by atoms with Gasteiger partial charge in [-0.15, -0.1) is 0 Å². The predicted molar refractivity (Wildman–Crippen MR) is 167 cm³/mol. The molecule has 3 heterocycles. The number of nitrogens with two attached hydrogens (primary N) is 1. The van der Waals surface area contributed by atoms with Gasteiger partial charge in [-0.2, -0.15) is 0 Å². The summed E-state index contributed by atoms with van der Waals surface area (Å²) >= 11 is 6.35. The summed E-state index contributed by atoms with van der Waals surface area (Å²) in [5.41, 5.74) is 1.62. The molecular formula is C31H40ClFN4O7S. The first-order valence-electron chi connectivity index (χ1n) is 15.1. The molecule has 1 fully saturated rings. The molecule has 246 valence electrons. The first-order chi connectivity index (χ1) is 21.3. The van der Waals surface area contributed by atoms with Gasteiger partial charge in [0, 0.05) is 43.2 Å². The van der Waals surface area contributed by atoms with Crippen molar-refractivity contribution in [2.24, 2.45) is 17.0 Å². The van der Waals surface area contributed by atoms with Crippen molar-refractivity contribution in [2.45, 2.75) is 68.8 Å². The Balaban J connectivity index is 1.45. The number of hydrogen-bond donors (Lipinski definition) is 2. The van der Waals surface area contributed by atoms with E-state index in [9.17, 15) is 18.3 Å². The third-order valence-electron chi connectivity index (χ3n) is 9.51. The number of methoxy groups -OCH3 is 1. The van der Waals surface area contributed by atoms with Crippen LogP contribution in [0.4, 0.5) is 10.2 Å². The van der Waals surface area contributed by atoms with E-state index in [1.165, 1.54) is 26.3 Å². The van der Waals surface area contributed by atoms with E-state index >= 15 is 4.39 Å². The van der Waals surface area contributed by atoms with Crippen LogP contribution in [0, 0.1) is 11.8 Å². The van der Waals surface area contributed by atoms with Gasteiger partial charge in [-0.25, -0.2) is 32.7 Å². The summed E-state index contributed by atoms with van der Waals surface area (Å²) in [7, 11) is -2.35. The summed E-state index contributed by atoms with van der Waals surface area (Å²) in [6.45, 7) is 4.73. The molecule has 1 aromatic heterocycles. The van der Waals surface area contributed by atoms with Gasteiger partial charge in [0.2, 0.25) is 10.0 Å². The SMILES string of the molecule is COC(/C(F)=C/C[C@H](C)[C@@H](C)S(N)(=O)=O)[C@@H]1OCC[C@H]1CN1C[C@@]2(CCCc3cc(Cl)ccc32)COc2ncc(C(=O)O)nc21. The minimum absolute atomic E-state index is 0.150. The molecule has 2 aliphatic heterocycles. The molecule has 1 aliphatic carbocycles. The number of primary sulfonamides is 1. The molecule has 5 rings (SSSR count). The number of ether oxygens (including phenoxy) is 3. The highest BCUT2D eigenvalue weighted by molar-refractivity contribution is 7.89. The third kappa shape index (κ3) is 7.12. The van der Waals surface area contributed by atoms with Crippen LogP contribution >= 0.6 is 11.6 Å². The van der Waals surface area contributed by atoms with Crippen molar-refractivity contribution >= 4 is 33.4 Å². The molecule has 0 saturated carbocycles. The minimum Gasteiger partial charge on any atom is -0.476 e. The first kappa shape index (κ1) is 33.5. The van der Waals surface area contributed by atoms with Gasteiger partial charge >= 0.3 is 5.97 Å². The number of benzene rings is 1. The molecular weight excluding hydrogens is 627 g/mol. The van der Waals surface area contributed by atoms with Crippen LogP contribution in [-0.4, -0.2) is 80.3 Å². The number of nitrogens with zero attached hydrogens (tertiary/aromatic N) is 3. The molecule has 45 heavy (non-hydrogen) atoms. The topological polar surface area (TPSA) is 154 Å². The van der Waals surface area contributed by atoms with Crippen LogP contribution in [0.2, 0.25) is 5.02 Å². The predicted octanol–water partition coefficient (Wildman–Crippen LogP) is 4.28. The summed E-state index contributed by atoms with van der Waals surface area (Å²) in [5.74, 6) is -1.84. The zero-order chi connectivity index (χ0) is 32.5. The lowest BCUT2D eigenvalue weighted by Gasteiger charge is -2.41. The maximum absolute atomic E-state index is 15.7. The molecule has 2 aromatic rings. The number of hydrogen-bond acceptors (Lipinski definition) is 9. The summed E-state index contributed by atoms with van der Waals surface area (Å²) in [6, 6.07) is 5.90. The van der Waals surface area contributed by atoms with Gasteiger partial charge in [0.1, 0.15) is 18.5 Å².